The zero-order chi connectivity index (χ0) is 10.7. The van der Waals surface area contributed by atoms with E-state index in [0.717, 1.165) is 25.4 Å². The van der Waals surface area contributed by atoms with E-state index in [-0.39, 0.29) is 5.41 Å². The topological polar surface area (TPSA) is 45.0 Å². The number of nitrogens with one attached hydrogen (secondary N) is 1. The van der Waals surface area contributed by atoms with Gasteiger partial charge >= 0.3 is 0 Å². The highest BCUT2D eigenvalue weighted by atomic mass is 16.5. The largest absolute Gasteiger partial charge is 0.384 e. The van der Waals surface area contributed by atoms with Crippen molar-refractivity contribution in [2.24, 2.45) is 5.41 Å². The lowest BCUT2D eigenvalue weighted by atomic mass is 9.88. The number of anilines is 1. The van der Waals surface area contributed by atoms with Crippen LogP contribution in [0.3, 0.4) is 0 Å². The average Bonchev–Trinajstić information content (AvgIpc) is 2.24. The molecular weight excluding hydrogens is 188 g/mol. The molecule has 1 aromatic rings. The molecule has 0 bridgehead atoms. The molecular formula is C12H14N2O. The third-order valence-corrected chi connectivity index (χ3v) is 2.61. The molecule has 1 heterocycles. The summed E-state index contributed by atoms with van der Waals surface area (Å²) < 4.78 is 5.18. The minimum Gasteiger partial charge on any atom is -0.384 e. The maximum atomic E-state index is 8.75. The van der Waals surface area contributed by atoms with E-state index in [1.807, 2.05) is 18.2 Å². The Hall–Kier alpha value is -1.53. The van der Waals surface area contributed by atoms with Gasteiger partial charge in [-0.2, -0.15) is 5.26 Å². The van der Waals surface area contributed by atoms with Gasteiger partial charge in [0.2, 0.25) is 0 Å². The minimum absolute atomic E-state index is 0.253. The van der Waals surface area contributed by atoms with Crippen LogP contribution in [0.4, 0.5) is 5.69 Å². The maximum absolute atomic E-state index is 8.75. The van der Waals surface area contributed by atoms with E-state index in [4.69, 9.17) is 10.00 Å². The molecule has 1 aliphatic heterocycles. The van der Waals surface area contributed by atoms with E-state index < -0.39 is 0 Å². The molecule has 0 aromatic heterocycles. The predicted molar refractivity (Wildman–Crippen MR) is 58.6 cm³/mol. The van der Waals surface area contributed by atoms with Crippen LogP contribution in [0.25, 0.3) is 0 Å². The van der Waals surface area contributed by atoms with Crippen LogP contribution in [0.5, 0.6) is 0 Å². The summed E-state index contributed by atoms with van der Waals surface area (Å²) in [5.41, 5.74) is 1.94. The van der Waals surface area contributed by atoms with E-state index in [2.05, 4.69) is 18.3 Å². The van der Waals surface area contributed by atoms with Crippen molar-refractivity contribution >= 4 is 5.69 Å². The third kappa shape index (κ3) is 2.28. The first kappa shape index (κ1) is 10.0. The van der Waals surface area contributed by atoms with Crippen LogP contribution in [0.1, 0.15) is 12.5 Å². The van der Waals surface area contributed by atoms with Gasteiger partial charge in [-0.1, -0.05) is 13.0 Å². The molecule has 1 aromatic carbocycles. The SMILES string of the molecule is CC1(CNc2cccc(C#N)c2)COC1. The predicted octanol–water partition coefficient (Wildman–Crippen LogP) is 2.01. The van der Waals surface area contributed by atoms with Gasteiger partial charge in [0.1, 0.15) is 0 Å². The fraction of sp³-hybridized carbons (Fsp3) is 0.417. The molecule has 1 saturated heterocycles. The van der Waals surface area contributed by atoms with Crippen LogP contribution >= 0.6 is 0 Å². The molecule has 0 saturated carbocycles. The second-order valence-corrected chi connectivity index (χ2v) is 4.35. The van der Waals surface area contributed by atoms with Crippen LogP contribution in [0.2, 0.25) is 0 Å². The van der Waals surface area contributed by atoms with Gasteiger partial charge < -0.3 is 10.1 Å². The molecule has 1 aliphatic rings. The lowest BCUT2D eigenvalue weighted by Gasteiger charge is -2.38. The summed E-state index contributed by atoms with van der Waals surface area (Å²) >= 11 is 0. The van der Waals surface area contributed by atoms with E-state index in [1.165, 1.54) is 0 Å². The van der Waals surface area contributed by atoms with Crippen LogP contribution in [-0.2, 0) is 4.74 Å². The minimum atomic E-state index is 0.253. The molecule has 3 heteroatoms. The standard InChI is InChI=1S/C12H14N2O/c1-12(8-15-9-12)7-14-11-4-2-3-10(5-11)6-13/h2-5,14H,7-9H2,1H3. The van der Waals surface area contributed by atoms with E-state index >= 15 is 0 Å². The summed E-state index contributed by atoms with van der Waals surface area (Å²) in [5.74, 6) is 0. The van der Waals surface area contributed by atoms with Gasteiger partial charge in [0, 0.05) is 17.6 Å². The monoisotopic (exact) mass is 202 g/mol. The molecule has 0 unspecified atom stereocenters. The van der Waals surface area contributed by atoms with Gasteiger partial charge in [0.25, 0.3) is 0 Å². The Kier molecular flexibility index (Phi) is 2.61. The number of ether oxygens (including phenoxy) is 1. The van der Waals surface area contributed by atoms with Gasteiger partial charge in [-0.3, -0.25) is 0 Å². The molecule has 0 atom stereocenters. The molecule has 3 nitrogen and oxygen atoms in total. The second kappa shape index (κ2) is 3.92. The zero-order valence-corrected chi connectivity index (χ0v) is 8.79. The average molecular weight is 202 g/mol. The van der Waals surface area contributed by atoms with Crippen molar-refractivity contribution in [2.75, 3.05) is 25.1 Å². The molecule has 0 aliphatic carbocycles. The van der Waals surface area contributed by atoms with Gasteiger partial charge in [-0.05, 0) is 18.2 Å². The Bertz CT molecular complexity index is 391. The van der Waals surface area contributed by atoms with Gasteiger partial charge in [0.15, 0.2) is 0 Å². The van der Waals surface area contributed by atoms with Crippen molar-refractivity contribution in [3.63, 3.8) is 0 Å². The molecule has 1 N–H and O–H groups in total. The zero-order valence-electron chi connectivity index (χ0n) is 8.79. The van der Waals surface area contributed by atoms with Gasteiger partial charge in [0.05, 0.1) is 24.8 Å². The quantitative estimate of drug-likeness (QED) is 0.815. The van der Waals surface area contributed by atoms with Gasteiger partial charge in [-0.15, -0.1) is 0 Å². The Morgan fingerprint density at radius 3 is 2.93 bits per heavy atom. The maximum Gasteiger partial charge on any atom is 0.0992 e. The van der Waals surface area contributed by atoms with Crippen molar-refractivity contribution in [3.05, 3.63) is 29.8 Å². The van der Waals surface area contributed by atoms with E-state index in [0.29, 0.717) is 5.56 Å². The first-order valence-corrected chi connectivity index (χ1v) is 5.04. The highest BCUT2D eigenvalue weighted by Crippen LogP contribution is 2.26. The van der Waals surface area contributed by atoms with Crippen molar-refractivity contribution in [1.29, 1.82) is 5.26 Å². The summed E-state index contributed by atoms with van der Waals surface area (Å²) in [6.07, 6.45) is 0. The fourth-order valence-corrected chi connectivity index (χ4v) is 1.57. The van der Waals surface area contributed by atoms with Crippen molar-refractivity contribution in [1.82, 2.24) is 0 Å². The second-order valence-electron chi connectivity index (χ2n) is 4.35. The molecule has 0 radical (unpaired) electrons. The molecule has 0 amide bonds. The van der Waals surface area contributed by atoms with Crippen LogP contribution in [0.15, 0.2) is 24.3 Å². The Labute approximate surface area is 89.7 Å². The normalized spacial score (nSPS) is 17.6. The molecule has 78 valence electrons. The highest BCUT2D eigenvalue weighted by Gasteiger charge is 2.32. The summed E-state index contributed by atoms with van der Waals surface area (Å²) in [6.45, 7) is 4.72. The molecule has 15 heavy (non-hydrogen) atoms. The number of benzene rings is 1. The lowest BCUT2D eigenvalue weighted by molar-refractivity contribution is -0.0924. The van der Waals surface area contributed by atoms with Crippen molar-refractivity contribution < 1.29 is 4.74 Å². The molecule has 1 fully saturated rings. The van der Waals surface area contributed by atoms with Crippen LogP contribution in [0, 0.1) is 16.7 Å². The summed E-state index contributed by atoms with van der Waals surface area (Å²) in [6, 6.07) is 9.66. The smallest absolute Gasteiger partial charge is 0.0992 e. The fourth-order valence-electron chi connectivity index (χ4n) is 1.57. The summed E-state index contributed by atoms with van der Waals surface area (Å²) in [4.78, 5) is 0. The van der Waals surface area contributed by atoms with Crippen molar-refractivity contribution in [2.45, 2.75) is 6.92 Å². The highest BCUT2D eigenvalue weighted by molar-refractivity contribution is 5.49. The summed E-state index contributed by atoms with van der Waals surface area (Å²) in [5, 5.41) is 12.1. The third-order valence-electron chi connectivity index (χ3n) is 2.61. The number of nitrogens with zero attached hydrogens (tertiary/aromatic N) is 1. The van der Waals surface area contributed by atoms with Crippen molar-refractivity contribution in [3.8, 4) is 6.07 Å². The Morgan fingerprint density at radius 2 is 2.33 bits per heavy atom. The Morgan fingerprint density at radius 1 is 1.53 bits per heavy atom. The van der Waals surface area contributed by atoms with Crippen LogP contribution in [-0.4, -0.2) is 19.8 Å². The lowest BCUT2D eigenvalue weighted by Crippen LogP contribution is -2.45. The van der Waals surface area contributed by atoms with E-state index in [9.17, 15) is 0 Å². The van der Waals surface area contributed by atoms with E-state index in [1.54, 1.807) is 6.07 Å². The first-order valence-electron chi connectivity index (χ1n) is 5.04. The number of hydrogen-bond acceptors (Lipinski definition) is 3. The number of rotatable bonds is 3. The van der Waals surface area contributed by atoms with Crippen LogP contribution < -0.4 is 5.32 Å². The Balaban J connectivity index is 1.96. The molecule has 0 spiro atoms. The van der Waals surface area contributed by atoms with Gasteiger partial charge in [-0.25, -0.2) is 0 Å². The number of nitriles is 1. The number of hydrogen-bond donors (Lipinski definition) is 1. The molecule has 2 rings (SSSR count). The first-order chi connectivity index (χ1) is 7.22. The summed E-state index contributed by atoms with van der Waals surface area (Å²) in [7, 11) is 0.